The molecule has 0 spiro atoms. The number of hydrogen-bond donors (Lipinski definition) is 2. The van der Waals surface area contributed by atoms with E-state index in [2.05, 4.69) is 17.3 Å². The Bertz CT molecular complexity index is 630. The highest BCUT2D eigenvalue weighted by Crippen LogP contribution is 2.35. The van der Waals surface area contributed by atoms with Crippen molar-refractivity contribution in [2.45, 2.75) is 55.6 Å². The summed E-state index contributed by atoms with van der Waals surface area (Å²) in [7, 11) is -1.45. The summed E-state index contributed by atoms with van der Waals surface area (Å²) in [6.45, 7) is 1.76. The molecule has 0 aromatic heterocycles. The van der Waals surface area contributed by atoms with Gasteiger partial charge in [0.15, 0.2) is 0 Å². The molecule has 5 nitrogen and oxygen atoms in total. The zero-order chi connectivity index (χ0) is 15.2. The fraction of sp³-hybridized carbons (Fsp3) is 0.600. The lowest BCUT2D eigenvalue weighted by atomic mass is 9.97. The molecule has 3 N–H and O–H groups in total. The minimum Gasteiger partial charge on any atom is -0.382 e. The van der Waals surface area contributed by atoms with E-state index in [1.54, 1.807) is 13.0 Å². The van der Waals surface area contributed by atoms with Crippen LogP contribution in [0.1, 0.15) is 31.2 Å². The van der Waals surface area contributed by atoms with E-state index >= 15 is 0 Å². The second-order valence-electron chi connectivity index (χ2n) is 6.39. The molecule has 2 unspecified atom stereocenters. The van der Waals surface area contributed by atoms with Crippen molar-refractivity contribution in [3.63, 3.8) is 0 Å². The van der Waals surface area contributed by atoms with Crippen LogP contribution in [0, 0.1) is 6.92 Å². The first-order valence-electron chi connectivity index (χ1n) is 7.46. The minimum atomic E-state index is -3.66. The maximum absolute atomic E-state index is 11.6. The number of nitrogens with one attached hydrogen (secondary N) is 1. The third-order valence-corrected chi connectivity index (χ3v) is 6.02. The maximum atomic E-state index is 11.6. The number of piperidine rings is 1. The first-order chi connectivity index (χ1) is 9.84. The van der Waals surface area contributed by atoms with Crippen LogP contribution in [0.15, 0.2) is 23.1 Å². The van der Waals surface area contributed by atoms with Gasteiger partial charge in [0.2, 0.25) is 10.0 Å². The molecule has 2 aliphatic rings. The SMILES string of the molecule is Cc1ccc(NC2CC3CCC(C2)N3C)cc1S(N)(=O)=O. The van der Waals surface area contributed by atoms with Gasteiger partial charge in [-0.15, -0.1) is 0 Å². The third kappa shape index (κ3) is 2.93. The van der Waals surface area contributed by atoms with E-state index in [4.69, 9.17) is 5.14 Å². The normalized spacial score (nSPS) is 29.6. The van der Waals surface area contributed by atoms with Crippen LogP contribution in [0.2, 0.25) is 0 Å². The molecule has 0 saturated carbocycles. The topological polar surface area (TPSA) is 75.4 Å². The molecule has 0 radical (unpaired) electrons. The minimum absolute atomic E-state index is 0.211. The van der Waals surface area contributed by atoms with Crippen molar-refractivity contribution in [2.75, 3.05) is 12.4 Å². The molecular formula is C15H23N3O2S. The van der Waals surface area contributed by atoms with Crippen molar-refractivity contribution in [1.82, 2.24) is 4.90 Å². The molecule has 6 heteroatoms. The fourth-order valence-electron chi connectivity index (χ4n) is 3.76. The highest BCUT2D eigenvalue weighted by atomic mass is 32.2. The van der Waals surface area contributed by atoms with Gasteiger partial charge in [-0.05, 0) is 57.4 Å². The summed E-state index contributed by atoms with van der Waals surface area (Å²) >= 11 is 0. The summed E-state index contributed by atoms with van der Waals surface area (Å²) in [6.07, 6.45) is 4.78. The van der Waals surface area contributed by atoms with Gasteiger partial charge in [0.05, 0.1) is 4.90 Å². The molecule has 2 bridgehead atoms. The number of aryl methyl sites for hydroxylation is 1. The summed E-state index contributed by atoms with van der Waals surface area (Å²) in [5.41, 5.74) is 1.53. The molecule has 0 amide bonds. The van der Waals surface area contributed by atoms with Crippen LogP contribution < -0.4 is 10.5 Å². The van der Waals surface area contributed by atoms with Crippen LogP contribution >= 0.6 is 0 Å². The van der Waals surface area contributed by atoms with E-state index in [1.165, 1.54) is 12.8 Å². The van der Waals surface area contributed by atoms with Gasteiger partial charge in [0, 0.05) is 23.8 Å². The van der Waals surface area contributed by atoms with Gasteiger partial charge in [0.25, 0.3) is 0 Å². The molecule has 2 heterocycles. The third-order valence-electron chi connectivity index (χ3n) is 4.96. The molecule has 2 fully saturated rings. The Labute approximate surface area is 126 Å². The van der Waals surface area contributed by atoms with Crippen LogP contribution in [-0.4, -0.2) is 38.5 Å². The van der Waals surface area contributed by atoms with E-state index in [0.717, 1.165) is 18.5 Å². The van der Waals surface area contributed by atoms with Gasteiger partial charge in [0.1, 0.15) is 0 Å². The number of nitrogens with zero attached hydrogens (tertiary/aromatic N) is 1. The molecule has 21 heavy (non-hydrogen) atoms. The highest BCUT2D eigenvalue weighted by molar-refractivity contribution is 7.89. The Morgan fingerprint density at radius 2 is 1.86 bits per heavy atom. The molecule has 2 aliphatic heterocycles. The standard InChI is InChI=1S/C15H23N3O2S/c1-10-3-4-11(9-15(10)21(16,19)20)17-12-7-13-5-6-14(8-12)18(13)2/h3-4,9,12-14,17H,5-8H2,1-2H3,(H2,16,19,20). The first kappa shape index (κ1) is 14.8. The molecule has 2 saturated heterocycles. The van der Waals surface area contributed by atoms with E-state index in [9.17, 15) is 8.42 Å². The van der Waals surface area contributed by atoms with Crippen molar-refractivity contribution in [3.05, 3.63) is 23.8 Å². The zero-order valence-corrected chi connectivity index (χ0v) is 13.4. The Morgan fingerprint density at radius 3 is 2.43 bits per heavy atom. The van der Waals surface area contributed by atoms with Crippen LogP contribution in [0.4, 0.5) is 5.69 Å². The number of benzene rings is 1. The van der Waals surface area contributed by atoms with Crippen LogP contribution in [0.5, 0.6) is 0 Å². The molecule has 1 aromatic carbocycles. The Morgan fingerprint density at radius 1 is 1.24 bits per heavy atom. The van der Waals surface area contributed by atoms with Gasteiger partial charge >= 0.3 is 0 Å². The molecule has 1 aromatic rings. The monoisotopic (exact) mass is 309 g/mol. The Hall–Kier alpha value is -1.11. The van der Waals surface area contributed by atoms with Crippen molar-refractivity contribution in [1.29, 1.82) is 0 Å². The maximum Gasteiger partial charge on any atom is 0.238 e. The number of fused-ring (bicyclic) bond motifs is 2. The quantitative estimate of drug-likeness (QED) is 0.891. The summed E-state index contributed by atoms with van der Waals surface area (Å²) in [5, 5.41) is 8.77. The Balaban J connectivity index is 1.77. The average molecular weight is 309 g/mol. The van der Waals surface area contributed by atoms with Gasteiger partial charge in [-0.1, -0.05) is 6.07 Å². The number of rotatable bonds is 3. The summed E-state index contributed by atoms with van der Waals surface area (Å²) in [5.74, 6) is 0. The van der Waals surface area contributed by atoms with Crippen LogP contribution in [-0.2, 0) is 10.0 Å². The molecule has 0 aliphatic carbocycles. The van der Waals surface area contributed by atoms with Gasteiger partial charge in [-0.2, -0.15) is 0 Å². The lowest BCUT2D eigenvalue weighted by Gasteiger charge is -2.37. The predicted octanol–water partition coefficient (Wildman–Crippen LogP) is 1.68. The van der Waals surface area contributed by atoms with Crippen molar-refractivity contribution in [3.8, 4) is 0 Å². The average Bonchev–Trinajstić information content (AvgIpc) is 2.62. The smallest absolute Gasteiger partial charge is 0.238 e. The van der Waals surface area contributed by atoms with Gasteiger partial charge in [-0.3, -0.25) is 0 Å². The van der Waals surface area contributed by atoms with Crippen LogP contribution in [0.3, 0.4) is 0 Å². The number of nitrogens with two attached hydrogens (primary N) is 1. The van der Waals surface area contributed by atoms with Crippen molar-refractivity contribution in [2.24, 2.45) is 5.14 Å². The highest BCUT2D eigenvalue weighted by Gasteiger charge is 2.38. The second kappa shape index (κ2) is 5.26. The number of anilines is 1. The van der Waals surface area contributed by atoms with E-state index < -0.39 is 10.0 Å². The number of sulfonamides is 1. The first-order valence-corrected chi connectivity index (χ1v) is 9.01. The summed E-state index contributed by atoms with van der Waals surface area (Å²) < 4.78 is 23.2. The van der Waals surface area contributed by atoms with Crippen molar-refractivity contribution >= 4 is 15.7 Å². The van der Waals surface area contributed by atoms with E-state index in [-0.39, 0.29) is 4.90 Å². The molecule has 116 valence electrons. The largest absolute Gasteiger partial charge is 0.382 e. The Kier molecular flexibility index (Phi) is 3.71. The lowest BCUT2D eigenvalue weighted by molar-refractivity contribution is 0.169. The predicted molar refractivity (Wildman–Crippen MR) is 83.8 cm³/mol. The van der Waals surface area contributed by atoms with Gasteiger partial charge in [-0.25, -0.2) is 13.6 Å². The summed E-state index contributed by atoms with van der Waals surface area (Å²) in [4.78, 5) is 2.70. The lowest BCUT2D eigenvalue weighted by Crippen LogP contribution is -2.44. The van der Waals surface area contributed by atoms with E-state index in [0.29, 0.717) is 23.7 Å². The molecule has 3 rings (SSSR count). The molecular weight excluding hydrogens is 286 g/mol. The number of primary sulfonamides is 1. The van der Waals surface area contributed by atoms with E-state index in [1.807, 2.05) is 12.1 Å². The molecule has 2 atom stereocenters. The second-order valence-corrected chi connectivity index (χ2v) is 7.92. The number of hydrogen-bond acceptors (Lipinski definition) is 4. The fourth-order valence-corrected chi connectivity index (χ4v) is 4.57. The summed E-state index contributed by atoms with van der Waals surface area (Å²) in [6, 6.07) is 7.13. The zero-order valence-electron chi connectivity index (χ0n) is 12.5. The van der Waals surface area contributed by atoms with Crippen LogP contribution in [0.25, 0.3) is 0 Å². The van der Waals surface area contributed by atoms with Crippen molar-refractivity contribution < 1.29 is 8.42 Å². The van der Waals surface area contributed by atoms with Gasteiger partial charge < -0.3 is 10.2 Å².